The van der Waals surface area contributed by atoms with E-state index in [4.69, 9.17) is 39.5 Å². The van der Waals surface area contributed by atoms with Gasteiger partial charge in [-0.2, -0.15) is 0 Å². The number of carbonyl (C=O) groups is 2. The summed E-state index contributed by atoms with van der Waals surface area (Å²) < 4.78 is 5.31. The second-order valence-electron chi connectivity index (χ2n) is 5.65. The minimum atomic E-state index is -0.876. The topological polar surface area (TPSA) is 55.4 Å². The first kappa shape index (κ1) is 19.6. The van der Waals surface area contributed by atoms with E-state index >= 15 is 0 Å². The summed E-state index contributed by atoms with van der Waals surface area (Å²) >= 11 is 18.0. The van der Waals surface area contributed by atoms with Crippen molar-refractivity contribution in [3.8, 4) is 5.75 Å². The van der Waals surface area contributed by atoms with E-state index in [1.54, 1.807) is 50.2 Å². The van der Waals surface area contributed by atoms with E-state index in [0.717, 1.165) is 0 Å². The zero-order valence-electron chi connectivity index (χ0n) is 13.6. The van der Waals surface area contributed by atoms with Gasteiger partial charge in [0.05, 0.1) is 15.6 Å². The molecule has 0 aliphatic rings. The van der Waals surface area contributed by atoms with E-state index in [0.29, 0.717) is 5.02 Å². The standard InChI is InChI=1S/C18H16Cl3NO3/c1-10(2)16(22-17(23)11-6-3-4-7-12(11)19)18(24)25-14-9-5-8-13(20)15(14)21/h3-10,16H,1-2H3,(H,22,23)/t16-/m0/s1. The molecule has 0 aliphatic carbocycles. The first-order valence-electron chi connectivity index (χ1n) is 7.52. The molecule has 0 saturated heterocycles. The normalized spacial score (nSPS) is 11.9. The zero-order valence-corrected chi connectivity index (χ0v) is 15.8. The SMILES string of the molecule is CC(C)[C@H](NC(=O)c1ccccc1Cl)C(=O)Oc1cccc(Cl)c1Cl. The van der Waals surface area contributed by atoms with Crippen LogP contribution in [0.15, 0.2) is 42.5 Å². The molecule has 2 aromatic carbocycles. The van der Waals surface area contributed by atoms with Crippen molar-refractivity contribution >= 4 is 46.7 Å². The number of rotatable bonds is 5. The van der Waals surface area contributed by atoms with E-state index in [1.807, 2.05) is 0 Å². The first-order valence-corrected chi connectivity index (χ1v) is 8.65. The molecule has 0 unspecified atom stereocenters. The lowest BCUT2D eigenvalue weighted by Crippen LogP contribution is -2.46. The summed E-state index contributed by atoms with van der Waals surface area (Å²) in [4.78, 5) is 24.9. The van der Waals surface area contributed by atoms with Crippen LogP contribution in [0.1, 0.15) is 24.2 Å². The average molecular weight is 401 g/mol. The highest BCUT2D eigenvalue weighted by atomic mass is 35.5. The summed E-state index contributed by atoms with van der Waals surface area (Å²) in [7, 11) is 0. The Morgan fingerprint density at radius 1 is 0.960 bits per heavy atom. The highest BCUT2D eigenvalue weighted by Gasteiger charge is 2.28. The van der Waals surface area contributed by atoms with Crippen LogP contribution in [0, 0.1) is 5.92 Å². The van der Waals surface area contributed by atoms with Crippen molar-refractivity contribution in [2.24, 2.45) is 5.92 Å². The number of esters is 1. The van der Waals surface area contributed by atoms with E-state index in [1.165, 1.54) is 6.07 Å². The molecule has 132 valence electrons. The van der Waals surface area contributed by atoms with Gasteiger partial charge in [-0.3, -0.25) is 4.79 Å². The molecule has 7 heteroatoms. The lowest BCUT2D eigenvalue weighted by atomic mass is 10.0. The maximum Gasteiger partial charge on any atom is 0.334 e. The van der Waals surface area contributed by atoms with Gasteiger partial charge in [0.1, 0.15) is 11.1 Å². The number of amides is 1. The van der Waals surface area contributed by atoms with Gasteiger partial charge in [-0.15, -0.1) is 0 Å². The van der Waals surface area contributed by atoms with Gasteiger partial charge in [0, 0.05) is 0 Å². The van der Waals surface area contributed by atoms with Crippen LogP contribution in [0.2, 0.25) is 15.1 Å². The highest BCUT2D eigenvalue weighted by molar-refractivity contribution is 6.43. The molecule has 25 heavy (non-hydrogen) atoms. The van der Waals surface area contributed by atoms with E-state index < -0.39 is 17.9 Å². The smallest absolute Gasteiger partial charge is 0.334 e. The van der Waals surface area contributed by atoms with Crippen LogP contribution in [-0.2, 0) is 4.79 Å². The Morgan fingerprint density at radius 3 is 2.24 bits per heavy atom. The lowest BCUT2D eigenvalue weighted by Gasteiger charge is -2.21. The molecular weight excluding hydrogens is 385 g/mol. The molecule has 0 aliphatic heterocycles. The summed E-state index contributed by atoms with van der Waals surface area (Å²) in [5, 5.41) is 3.36. The molecule has 0 bridgehead atoms. The van der Waals surface area contributed by atoms with Crippen molar-refractivity contribution in [2.45, 2.75) is 19.9 Å². The number of carbonyl (C=O) groups excluding carboxylic acids is 2. The Kier molecular flexibility index (Phi) is 6.71. The van der Waals surface area contributed by atoms with Crippen molar-refractivity contribution in [1.82, 2.24) is 5.32 Å². The van der Waals surface area contributed by atoms with Crippen LogP contribution < -0.4 is 10.1 Å². The number of hydrogen-bond donors (Lipinski definition) is 1. The van der Waals surface area contributed by atoms with Gasteiger partial charge in [-0.05, 0) is 30.2 Å². The molecule has 0 aromatic heterocycles. The number of ether oxygens (including phenoxy) is 1. The fraction of sp³-hybridized carbons (Fsp3) is 0.222. The Morgan fingerprint density at radius 2 is 1.60 bits per heavy atom. The van der Waals surface area contributed by atoms with E-state index in [2.05, 4.69) is 5.32 Å². The minimum absolute atomic E-state index is 0.136. The van der Waals surface area contributed by atoms with Crippen LogP contribution in [-0.4, -0.2) is 17.9 Å². The molecule has 0 spiro atoms. The molecule has 1 atom stereocenters. The molecule has 0 heterocycles. The molecule has 1 N–H and O–H groups in total. The van der Waals surface area contributed by atoms with Crippen molar-refractivity contribution in [3.63, 3.8) is 0 Å². The third kappa shape index (κ3) is 4.88. The number of halogens is 3. The number of nitrogens with one attached hydrogen (secondary N) is 1. The fourth-order valence-corrected chi connectivity index (χ4v) is 2.65. The number of hydrogen-bond acceptors (Lipinski definition) is 3. The van der Waals surface area contributed by atoms with Crippen LogP contribution in [0.5, 0.6) is 5.75 Å². The van der Waals surface area contributed by atoms with E-state index in [-0.39, 0.29) is 27.3 Å². The van der Waals surface area contributed by atoms with Gasteiger partial charge in [0.15, 0.2) is 5.75 Å². The maximum atomic E-state index is 12.5. The Balaban J connectivity index is 2.17. The van der Waals surface area contributed by atoms with Crippen molar-refractivity contribution in [1.29, 1.82) is 0 Å². The van der Waals surface area contributed by atoms with Gasteiger partial charge >= 0.3 is 5.97 Å². The van der Waals surface area contributed by atoms with Gasteiger partial charge < -0.3 is 10.1 Å². The van der Waals surface area contributed by atoms with Crippen molar-refractivity contribution < 1.29 is 14.3 Å². The fourth-order valence-electron chi connectivity index (χ4n) is 2.10. The Bertz CT molecular complexity index is 793. The van der Waals surface area contributed by atoms with Crippen LogP contribution >= 0.6 is 34.8 Å². The number of benzene rings is 2. The van der Waals surface area contributed by atoms with Crippen LogP contribution in [0.25, 0.3) is 0 Å². The zero-order chi connectivity index (χ0) is 18.6. The third-order valence-corrected chi connectivity index (χ3v) is 4.58. The summed E-state index contributed by atoms with van der Waals surface area (Å²) in [5.74, 6) is -1.17. The third-order valence-electron chi connectivity index (χ3n) is 3.45. The van der Waals surface area contributed by atoms with Gasteiger partial charge in [-0.25, -0.2) is 4.79 Å². The molecule has 2 rings (SSSR count). The van der Waals surface area contributed by atoms with Crippen LogP contribution in [0.4, 0.5) is 0 Å². The predicted molar refractivity (Wildman–Crippen MR) is 99.6 cm³/mol. The van der Waals surface area contributed by atoms with Crippen LogP contribution in [0.3, 0.4) is 0 Å². The molecule has 4 nitrogen and oxygen atoms in total. The largest absolute Gasteiger partial charge is 0.423 e. The van der Waals surface area contributed by atoms with Crippen molar-refractivity contribution in [3.05, 3.63) is 63.1 Å². The predicted octanol–water partition coefficient (Wildman–Crippen LogP) is 5.01. The Labute approximate surface area is 161 Å². The molecule has 0 saturated carbocycles. The van der Waals surface area contributed by atoms with Gasteiger partial charge in [0.25, 0.3) is 5.91 Å². The molecule has 0 fully saturated rings. The molecule has 0 radical (unpaired) electrons. The van der Waals surface area contributed by atoms with Gasteiger partial charge in [0.2, 0.25) is 0 Å². The summed E-state index contributed by atoms with van der Waals surface area (Å²) in [6.07, 6.45) is 0. The Hall–Kier alpha value is -1.75. The minimum Gasteiger partial charge on any atom is -0.423 e. The summed E-state index contributed by atoms with van der Waals surface area (Å²) in [5.41, 5.74) is 0.281. The highest BCUT2D eigenvalue weighted by Crippen LogP contribution is 2.31. The summed E-state index contributed by atoms with van der Waals surface area (Å²) in [6, 6.07) is 10.4. The molecular formula is C18H16Cl3NO3. The van der Waals surface area contributed by atoms with Crippen molar-refractivity contribution in [2.75, 3.05) is 0 Å². The second kappa shape index (κ2) is 8.56. The monoisotopic (exact) mass is 399 g/mol. The first-order chi connectivity index (χ1) is 11.8. The molecule has 2 aromatic rings. The van der Waals surface area contributed by atoms with E-state index in [9.17, 15) is 9.59 Å². The molecule has 1 amide bonds. The maximum absolute atomic E-state index is 12.5. The van der Waals surface area contributed by atoms with Gasteiger partial charge in [-0.1, -0.05) is 66.8 Å². The summed E-state index contributed by atoms with van der Waals surface area (Å²) in [6.45, 7) is 3.58. The lowest BCUT2D eigenvalue weighted by molar-refractivity contribution is -0.137. The second-order valence-corrected chi connectivity index (χ2v) is 6.84. The average Bonchev–Trinajstić information content (AvgIpc) is 2.56. The quantitative estimate of drug-likeness (QED) is 0.567.